The van der Waals surface area contributed by atoms with Crippen molar-refractivity contribution in [3.8, 4) is 0 Å². The summed E-state index contributed by atoms with van der Waals surface area (Å²) in [6.45, 7) is 4.77. The molecule has 2 aromatic rings. The quantitative estimate of drug-likeness (QED) is 0.786. The van der Waals surface area contributed by atoms with E-state index in [4.69, 9.17) is 0 Å². The second-order valence-electron chi connectivity index (χ2n) is 6.15. The number of thiazole rings is 1. The Morgan fingerprint density at radius 3 is 2.27 bits per heavy atom. The molecule has 0 bridgehead atoms. The summed E-state index contributed by atoms with van der Waals surface area (Å²) in [5.74, 6) is 0. The molecule has 1 fully saturated rings. The number of anilines is 1. The van der Waals surface area contributed by atoms with Gasteiger partial charge >= 0.3 is 6.18 Å². The third-order valence-corrected chi connectivity index (χ3v) is 7.20. The van der Waals surface area contributed by atoms with Crippen LogP contribution in [-0.4, -0.2) is 43.9 Å². The Morgan fingerprint density at radius 2 is 1.73 bits per heavy atom. The van der Waals surface area contributed by atoms with E-state index in [1.807, 2.05) is 13.8 Å². The fourth-order valence-electron chi connectivity index (χ4n) is 2.68. The van der Waals surface area contributed by atoms with Crippen LogP contribution in [0.1, 0.15) is 16.8 Å². The Kier molecular flexibility index (Phi) is 5.02. The van der Waals surface area contributed by atoms with Gasteiger partial charge < -0.3 is 4.90 Å². The van der Waals surface area contributed by atoms with Gasteiger partial charge in [-0.2, -0.15) is 17.5 Å². The van der Waals surface area contributed by atoms with E-state index in [-0.39, 0.29) is 23.1 Å². The third-order valence-electron chi connectivity index (χ3n) is 4.41. The van der Waals surface area contributed by atoms with Crippen LogP contribution in [0.3, 0.4) is 0 Å². The summed E-state index contributed by atoms with van der Waals surface area (Å²) in [6.07, 6.45) is -4.47. The minimum atomic E-state index is -4.47. The van der Waals surface area contributed by atoms with Crippen LogP contribution in [0.2, 0.25) is 0 Å². The van der Waals surface area contributed by atoms with Crippen LogP contribution in [0.15, 0.2) is 28.5 Å². The van der Waals surface area contributed by atoms with Crippen molar-refractivity contribution in [3.05, 3.63) is 40.4 Å². The average molecular weight is 405 g/mol. The lowest BCUT2D eigenvalue weighted by molar-refractivity contribution is -0.140. The molecule has 1 aliphatic heterocycles. The molecule has 5 nitrogen and oxygen atoms in total. The first-order chi connectivity index (χ1) is 12.1. The summed E-state index contributed by atoms with van der Waals surface area (Å²) < 4.78 is 64.9. The number of hydrogen-bond acceptors (Lipinski definition) is 5. The van der Waals surface area contributed by atoms with E-state index in [0.717, 1.165) is 27.8 Å². The predicted octanol–water partition coefficient (Wildman–Crippen LogP) is 3.29. The van der Waals surface area contributed by atoms with Crippen molar-refractivity contribution >= 4 is 26.5 Å². The number of alkyl halides is 3. The van der Waals surface area contributed by atoms with Crippen molar-refractivity contribution in [2.45, 2.75) is 24.9 Å². The summed E-state index contributed by atoms with van der Waals surface area (Å²) in [4.78, 5) is 5.55. The average Bonchev–Trinajstić information content (AvgIpc) is 3.08. The molecule has 1 aliphatic rings. The van der Waals surface area contributed by atoms with Crippen LogP contribution in [0, 0.1) is 13.8 Å². The van der Waals surface area contributed by atoms with Gasteiger partial charge in [0.25, 0.3) is 0 Å². The second-order valence-corrected chi connectivity index (χ2v) is 8.92. The molecular weight excluding hydrogens is 387 g/mol. The number of aryl methyl sites for hydroxylation is 2. The SMILES string of the molecule is Cc1ccc(S(=O)(=O)N2CCN(c3nc(C(F)(F)F)cs3)CC2)cc1C. The van der Waals surface area contributed by atoms with Gasteiger partial charge in [-0.25, -0.2) is 13.4 Å². The highest BCUT2D eigenvalue weighted by Gasteiger charge is 2.35. The highest BCUT2D eigenvalue weighted by Crippen LogP contribution is 2.33. The molecule has 1 aromatic heterocycles. The molecule has 0 N–H and O–H groups in total. The Labute approximate surface area is 154 Å². The first-order valence-electron chi connectivity index (χ1n) is 7.94. The maximum Gasteiger partial charge on any atom is 0.434 e. The first-order valence-corrected chi connectivity index (χ1v) is 10.3. The van der Waals surface area contributed by atoms with Crippen LogP contribution in [0.4, 0.5) is 18.3 Å². The molecule has 1 aromatic carbocycles. The molecule has 0 unspecified atom stereocenters. The minimum absolute atomic E-state index is 0.205. The number of rotatable bonds is 3. The lowest BCUT2D eigenvalue weighted by Gasteiger charge is -2.33. The Balaban J connectivity index is 1.71. The van der Waals surface area contributed by atoms with Crippen molar-refractivity contribution in [1.82, 2.24) is 9.29 Å². The molecule has 1 saturated heterocycles. The first kappa shape index (κ1) is 19.1. The lowest BCUT2D eigenvalue weighted by Crippen LogP contribution is -2.48. The molecule has 0 aliphatic carbocycles. The van der Waals surface area contributed by atoms with Crippen molar-refractivity contribution in [3.63, 3.8) is 0 Å². The molecule has 0 amide bonds. The number of sulfonamides is 1. The molecule has 0 spiro atoms. The highest BCUT2D eigenvalue weighted by molar-refractivity contribution is 7.89. The number of nitrogens with zero attached hydrogens (tertiary/aromatic N) is 3. The Bertz CT molecular complexity index is 902. The summed E-state index contributed by atoms with van der Waals surface area (Å²) in [7, 11) is -3.62. The fraction of sp³-hybridized carbons (Fsp3) is 0.438. The normalized spacial score (nSPS) is 16.9. The second kappa shape index (κ2) is 6.82. The molecule has 10 heteroatoms. The summed E-state index contributed by atoms with van der Waals surface area (Å²) >= 11 is 0.918. The molecule has 0 atom stereocenters. The zero-order valence-corrected chi connectivity index (χ0v) is 15.9. The topological polar surface area (TPSA) is 53.5 Å². The van der Waals surface area contributed by atoms with Crippen LogP contribution in [-0.2, 0) is 16.2 Å². The lowest BCUT2D eigenvalue weighted by atomic mass is 10.1. The van der Waals surface area contributed by atoms with E-state index >= 15 is 0 Å². The van der Waals surface area contributed by atoms with Gasteiger partial charge in [-0.1, -0.05) is 6.07 Å². The number of aromatic nitrogens is 1. The molecule has 26 heavy (non-hydrogen) atoms. The van der Waals surface area contributed by atoms with E-state index in [1.165, 1.54) is 4.31 Å². The van der Waals surface area contributed by atoms with E-state index in [9.17, 15) is 21.6 Å². The van der Waals surface area contributed by atoms with Gasteiger partial charge in [0.1, 0.15) is 0 Å². The Morgan fingerprint density at radius 1 is 1.08 bits per heavy atom. The van der Waals surface area contributed by atoms with Crippen molar-refractivity contribution in [2.24, 2.45) is 0 Å². The highest BCUT2D eigenvalue weighted by atomic mass is 32.2. The summed E-state index contributed by atoms with van der Waals surface area (Å²) in [5.41, 5.74) is 0.993. The predicted molar refractivity (Wildman–Crippen MR) is 94.0 cm³/mol. The number of hydrogen-bond donors (Lipinski definition) is 0. The largest absolute Gasteiger partial charge is 0.434 e. The Hall–Kier alpha value is -1.65. The molecule has 0 radical (unpaired) electrons. The molecule has 3 rings (SSSR count). The number of benzene rings is 1. The fourth-order valence-corrected chi connectivity index (χ4v) is 5.08. The van der Waals surface area contributed by atoms with Gasteiger partial charge in [0.15, 0.2) is 10.8 Å². The van der Waals surface area contributed by atoms with Crippen LogP contribution in [0.5, 0.6) is 0 Å². The maximum atomic E-state index is 12.8. The zero-order chi connectivity index (χ0) is 19.1. The standard InChI is InChI=1S/C16H18F3N3O2S2/c1-11-3-4-13(9-12(11)2)26(23,24)22-7-5-21(6-8-22)15-20-14(10-25-15)16(17,18)19/h3-4,9-10H,5-8H2,1-2H3. The third kappa shape index (κ3) is 3.72. The smallest absolute Gasteiger partial charge is 0.345 e. The van der Waals surface area contributed by atoms with Gasteiger partial charge in [0, 0.05) is 31.6 Å². The van der Waals surface area contributed by atoms with Crippen LogP contribution < -0.4 is 4.90 Å². The van der Waals surface area contributed by atoms with E-state index < -0.39 is 21.9 Å². The monoisotopic (exact) mass is 405 g/mol. The minimum Gasteiger partial charge on any atom is -0.345 e. The van der Waals surface area contributed by atoms with E-state index in [1.54, 1.807) is 23.1 Å². The maximum absolute atomic E-state index is 12.8. The van der Waals surface area contributed by atoms with Crippen LogP contribution >= 0.6 is 11.3 Å². The molecule has 142 valence electrons. The van der Waals surface area contributed by atoms with Gasteiger partial charge in [0.2, 0.25) is 10.0 Å². The van der Waals surface area contributed by atoms with Gasteiger partial charge in [-0.05, 0) is 37.1 Å². The zero-order valence-electron chi connectivity index (χ0n) is 14.2. The van der Waals surface area contributed by atoms with Crippen molar-refractivity contribution < 1.29 is 21.6 Å². The van der Waals surface area contributed by atoms with Gasteiger partial charge in [0.05, 0.1) is 4.90 Å². The van der Waals surface area contributed by atoms with E-state index in [0.29, 0.717) is 13.1 Å². The molecular formula is C16H18F3N3O2S2. The van der Waals surface area contributed by atoms with Crippen molar-refractivity contribution in [1.29, 1.82) is 0 Å². The molecule has 0 saturated carbocycles. The number of halogens is 3. The summed E-state index contributed by atoms with van der Waals surface area (Å²) in [5, 5.41) is 1.24. The van der Waals surface area contributed by atoms with E-state index in [2.05, 4.69) is 4.98 Å². The molecule has 2 heterocycles. The van der Waals surface area contributed by atoms with Crippen molar-refractivity contribution in [2.75, 3.05) is 31.1 Å². The van der Waals surface area contributed by atoms with Gasteiger partial charge in [-0.3, -0.25) is 0 Å². The van der Waals surface area contributed by atoms with Gasteiger partial charge in [-0.15, -0.1) is 11.3 Å². The number of piperazine rings is 1. The van der Waals surface area contributed by atoms with Crippen LogP contribution in [0.25, 0.3) is 0 Å². The summed E-state index contributed by atoms with van der Waals surface area (Å²) in [6, 6.07) is 5.00.